The van der Waals surface area contributed by atoms with E-state index in [1.165, 1.54) is 49.5 Å². The Labute approximate surface area is 461 Å². The van der Waals surface area contributed by atoms with E-state index in [1.807, 2.05) is 47.2 Å². The first-order chi connectivity index (χ1) is 37.2. The van der Waals surface area contributed by atoms with Crippen LogP contribution in [0.1, 0.15) is 37.1 Å². The second-order valence-electron chi connectivity index (χ2n) is 17.1. The van der Waals surface area contributed by atoms with Crippen LogP contribution in [0, 0.1) is 0 Å². The molecule has 0 radical (unpaired) electrons. The number of aromatic nitrogens is 12. The van der Waals surface area contributed by atoms with Crippen molar-refractivity contribution in [3.8, 4) is 5.82 Å². The molecular weight excluding hydrogens is 1120 g/mol. The van der Waals surface area contributed by atoms with Gasteiger partial charge in [-0.05, 0) is 116 Å². The molecule has 2 aromatic carbocycles. The Morgan fingerprint density at radius 3 is 1.66 bits per heavy atom. The van der Waals surface area contributed by atoms with Crippen molar-refractivity contribution in [3.05, 3.63) is 148 Å². The van der Waals surface area contributed by atoms with E-state index in [-0.39, 0.29) is 9.79 Å². The number of hydrogen-bond acceptors (Lipinski definition) is 22. The summed E-state index contributed by atoms with van der Waals surface area (Å²) in [5, 5.41) is 23.3. The van der Waals surface area contributed by atoms with Crippen LogP contribution in [0.15, 0.2) is 146 Å². The van der Waals surface area contributed by atoms with Crippen LogP contribution in [-0.4, -0.2) is 115 Å². The summed E-state index contributed by atoms with van der Waals surface area (Å²) in [6.07, 6.45) is 14.4. The van der Waals surface area contributed by atoms with Gasteiger partial charge in [-0.1, -0.05) is 25.0 Å². The lowest BCUT2D eigenvalue weighted by atomic mass is 9.91. The van der Waals surface area contributed by atoms with Gasteiger partial charge in [0.15, 0.2) is 53.9 Å². The summed E-state index contributed by atoms with van der Waals surface area (Å²) in [4.78, 5) is 47.1. The number of imidazole rings is 2. The van der Waals surface area contributed by atoms with Gasteiger partial charge in [-0.3, -0.25) is 14.5 Å². The van der Waals surface area contributed by atoms with Crippen LogP contribution in [0.3, 0.4) is 0 Å². The van der Waals surface area contributed by atoms with E-state index in [9.17, 15) is 16.8 Å². The third kappa shape index (κ3) is 15.8. The van der Waals surface area contributed by atoms with E-state index in [0.29, 0.717) is 88.2 Å². The Bertz CT molecular complexity index is 3640. The van der Waals surface area contributed by atoms with Crippen molar-refractivity contribution in [2.45, 2.75) is 60.6 Å². The smallest absolute Gasteiger partial charge is 0.227 e. The molecule has 11 rings (SSSR count). The zero-order chi connectivity index (χ0) is 54.2. The number of thiazole rings is 2. The standard InChI is InChI=1S/C21H18N8O2S2.C18H17N7O2S.C8H18N2.C3H2BrNS/c1-33(30,31)16-7-5-14(6-8-16)26-19-18-20(29(12-24-18)17-11-32-13-25-17)28-21(27-19)23-10-15-4-2-3-9-22-15;1-28(26,27)14-7-5-12(6-8-14)23-17-15-16(22-11-21-15)24-18(25-17)20-10-13-4-2-3-9-19-13;1-9-7-5-3-4-6-8(7)10-2;4-3-1-6-2-5-3/h2-9,11-13H,10H2,1H3,(H2,23,26,27,28);2-9,11H,10H2,1H3,(H3,20,21,22,23,24,25);7-10H,3-6H2,1-2H3;1-2H/t;;7-,8-;/m..0./s1. The number of hydrogen-bond donors (Lipinski definition) is 7. The molecule has 27 heteroatoms. The highest BCUT2D eigenvalue weighted by Crippen LogP contribution is 2.28. The number of pyridine rings is 2. The maximum absolute atomic E-state index is 11.8. The molecule has 2 atom stereocenters. The van der Waals surface area contributed by atoms with Gasteiger partial charge < -0.3 is 36.9 Å². The van der Waals surface area contributed by atoms with Gasteiger partial charge >= 0.3 is 0 Å². The number of nitrogens with one attached hydrogen (secondary N) is 7. The first kappa shape index (κ1) is 55.8. The second-order valence-corrected chi connectivity index (χ2v) is 23.4. The predicted molar refractivity (Wildman–Crippen MR) is 307 cm³/mol. The van der Waals surface area contributed by atoms with Crippen molar-refractivity contribution < 1.29 is 16.8 Å². The lowest BCUT2D eigenvalue weighted by Crippen LogP contribution is -2.47. The monoisotopic (exact) mass is 1180 g/mol. The third-order valence-corrected chi connectivity index (χ3v) is 15.8. The minimum absolute atomic E-state index is 0.242. The van der Waals surface area contributed by atoms with Crippen molar-refractivity contribution in [3.63, 3.8) is 0 Å². The molecule has 10 aromatic rings. The molecule has 0 saturated heterocycles. The van der Waals surface area contributed by atoms with Crippen LogP contribution in [0.4, 0.5) is 34.9 Å². The molecule has 1 saturated carbocycles. The number of likely N-dealkylation sites (N-methyl/N-ethyl adjacent to an activating group) is 2. The van der Waals surface area contributed by atoms with Crippen LogP contribution in [0.25, 0.3) is 28.1 Å². The molecule has 0 bridgehead atoms. The molecular formula is C50H55BrN18O4S4. The molecule has 22 nitrogen and oxygen atoms in total. The first-order valence-electron chi connectivity index (χ1n) is 23.9. The number of halogens is 1. The molecule has 0 spiro atoms. The van der Waals surface area contributed by atoms with Gasteiger partial charge in [0, 0.05) is 59.1 Å². The van der Waals surface area contributed by atoms with Crippen LogP contribution in [-0.2, 0) is 32.8 Å². The van der Waals surface area contributed by atoms with E-state index in [2.05, 4.69) is 117 Å². The van der Waals surface area contributed by atoms with E-state index < -0.39 is 19.7 Å². The number of nitrogens with zero attached hydrogens (tertiary/aromatic N) is 11. The number of rotatable bonds is 15. The number of anilines is 6. The summed E-state index contributed by atoms with van der Waals surface area (Å²) >= 11 is 6.24. The van der Waals surface area contributed by atoms with E-state index in [0.717, 1.165) is 16.0 Å². The molecule has 1 fully saturated rings. The Morgan fingerprint density at radius 1 is 0.636 bits per heavy atom. The molecule has 400 valence electrons. The summed E-state index contributed by atoms with van der Waals surface area (Å²) < 4.78 is 49.4. The van der Waals surface area contributed by atoms with Crippen LogP contribution >= 0.6 is 38.6 Å². The Balaban J connectivity index is 0.000000159. The van der Waals surface area contributed by atoms with Gasteiger partial charge in [0.1, 0.15) is 16.4 Å². The number of aromatic amines is 1. The maximum Gasteiger partial charge on any atom is 0.227 e. The number of H-pyrrole nitrogens is 1. The lowest BCUT2D eigenvalue weighted by molar-refractivity contribution is 0.309. The first-order valence-corrected chi connectivity index (χ1v) is 30.3. The van der Waals surface area contributed by atoms with Crippen molar-refractivity contribution in [1.82, 2.24) is 70.0 Å². The van der Waals surface area contributed by atoms with Gasteiger partial charge in [0.05, 0.1) is 51.6 Å². The normalized spacial score (nSPS) is 14.2. The molecule has 0 aliphatic heterocycles. The Morgan fingerprint density at radius 2 is 1.18 bits per heavy atom. The molecule has 7 N–H and O–H groups in total. The molecule has 77 heavy (non-hydrogen) atoms. The molecule has 8 aromatic heterocycles. The largest absolute Gasteiger partial charge is 0.348 e. The molecule has 1 aliphatic carbocycles. The number of benzene rings is 2. The van der Waals surface area contributed by atoms with Crippen LogP contribution in [0.5, 0.6) is 0 Å². The molecule has 1 aliphatic rings. The van der Waals surface area contributed by atoms with E-state index >= 15 is 0 Å². The predicted octanol–water partition coefficient (Wildman–Crippen LogP) is 8.58. The van der Waals surface area contributed by atoms with Crippen LogP contribution < -0.4 is 31.9 Å². The van der Waals surface area contributed by atoms with Gasteiger partial charge in [-0.25, -0.2) is 36.8 Å². The molecule has 8 heterocycles. The van der Waals surface area contributed by atoms with Crippen molar-refractivity contribution in [2.24, 2.45) is 0 Å². The molecule has 0 amide bonds. The summed E-state index contributed by atoms with van der Waals surface area (Å²) in [7, 11) is -2.41. The summed E-state index contributed by atoms with van der Waals surface area (Å²) in [6.45, 7) is 0.916. The highest BCUT2D eigenvalue weighted by atomic mass is 79.9. The minimum atomic E-state index is -3.28. The molecule has 0 unspecified atom stereocenters. The SMILES string of the molecule is Brc1cscn1.CN[C@H]1CCCC[C@@H]1NC.CS(=O)(=O)c1ccc(Nc2nc(NCc3ccccn3)nc3c2ncn3-c2cscn2)cc1.CS(=O)(=O)c1ccc(Nc2nc(NCc3ccccn3)nc3nc[nH]c23)cc1. The summed E-state index contributed by atoms with van der Waals surface area (Å²) in [6, 6.07) is 25.7. The van der Waals surface area contributed by atoms with Gasteiger partial charge in [-0.15, -0.1) is 22.7 Å². The quantitative estimate of drug-likeness (QED) is 0.0506. The zero-order valence-corrected chi connectivity index (χ0v) is 47.0. The third-order valence-electron chi connectivity index (χ3n) is 11.7. The van der Waals surface area contributed by atoms with Crippen molar-refractivity contribution in [1.29, 1.82) is 0 Å². The second kappa shape index (κ2) is 26.6. The Hall–Kier alpha value is -7.40. The highest BCUT2D eigenvalue weighted by Gasteiger charge is 2.21. The number of sulfone groups is 2. The number of fused-ring (bicyclic) bond motifs is 2. The van der Waals surface area contributed by atoms with Gasteiger partial charge in [0.2, 0.25) is 11.9 Å². The highest BCUT2D eigenvalue weighted by molar-refractivity contribution is 9.10. The zero-order valence-electron chi connectivity index (χ0n) is 42.2. The van der Waals surface area contributed by atoms with Crippen LogP contribution in [0.2, 0.25) is 0 Å². The maximum atomic E-state index is 11.8. The lowest BCUT2D eigenvalue weighted by Gasteiger charge is -2.30. The fourth-order valence-electron chi connectivity index (χ4n) is 7.77. The summed E-state index contributed by atoms with van der Waals surface area (Å²) in [5.74, 6) is 2.50. The average Bonchev–Trinajstić information content (AvgIpc) is 4.34. The fourth-order valence-corrected chi connectivity index (χ4v) is 10.5. The van der Waals surface area contributed by atoms with Gasteiger partial charge in [-0.2, -0.15) is 19.9 Å². The topological polar surface area (TPSA) is 290 Å². The minimum Gasteiger partial charge on any atom is -0.348 e. The average molecular weight is 1180 g/mol. The van der Waals surface area contributed by atoms with Crippen molar-refractivity contribution >= 4 is 116 Å². The van der Waals surface area contributed by atoms with Gasteiger partial charge in [0.25, 0.3) is 0 Å². The fraction of sp³-hybridized carbons (Fsp3) is 0.240. The Kier molecular flexibility index (Phi) is 19.3. The van der Waals surface area contributed by atoms with Crippen molar-refractivity contribution in [2.75, 3.05) is 47.9 Å². The summed E-state index contributed by atoms with van der Waals surface area (Å²) in [5.41, 5.74) is 8.88. The van der Waals surface area contributed by atoms with E-state index in [1.54, 1.807) is 101 Å². The van der Waals surface area contributed by atoms with E-state index in [4.69, 9.17) is 0 Å².